The van der Waals surface area contributed by atoms with Crippen LogP contribution in [-0.4, -0.2) is 18.9 Å². The molecule has 0 aliphatic rings. The van der Waals surface area contributed by atoms with E-state index >= 15 is 0 Å². The Balaban J connectivity index is 2.73. The predicted molar refractivity (Wildman–Crippen MR) is 70.1 cm³/mol. The van der Waals surface area contributed by atoms with E-state index < -0.39 is 0 Å². The third-order valence-electron chi connectivity index (χ3n) is 2.95. The zero-order valence-corrected chi connectivity index (χ0v) is 11.2. The van der Waals surface area contributed by atoms with Gasteiger partial charge in [-0.05, 0) is 12.0 Å². The molecular formula is C15H20O3. The van der Waals surface area contributed by atoms with Gasteiger partial charge in [0, 0.05) is 12.3 Å². The van der Waals surface area contributed by atoms with Gasteiger partial charge >= 0.3 is 5.97 Å². The highest BCUT2D eigenvalue weighted by Gasteiger charge is 2.24. The van der Waals surface area contributed by atoms with Crippen LogP contribution in [0.25, 0.3) is 0 Å². The van der Waals surface area contributed by atoms with Crippen molar-refractivity contribution >= 4 is 11.8 Å². The molecule has 0 saturated heterocycles. The Morgan fingerprint density at radius 1 is 1.17 bits per heavy atom. The second kappa shape index (κ2) is 6.94. The van der Waals surface area contributed by atoms with Crippen molar-refractivity contribution in [2.75, 3.05) is 7.11 Å². The number of esters is 1. The van der Waals surface area contributed by atoms with Crippen molar-refractivity contribution in [3.8, 4) is 0 Å². The molecule has 1 aromatic carbocycles. The summed E-state index contributed by atoms with van der Waals surface area (Å²) in [5.74, 6) is -0.644. The molecule has 0 amide bonds. The highest BCUT2D eigenvalue weighted by Crippen LogP contribution is 2.16. The van der Waals surface area contributed by atoms with Gasteiger partial charge in [0.1, 0.15) is 5.78 Å². The van der Waals surface area contributed by atoms with Crippen LogP contribution in [0.3, 0.4) is 0 Å². The summed E-state index contributed by atoms with van der Waals surface area (Å²) in [6.07, 6.45) is 0.797. The predicted octanol–water partition coefficient (Wildman–Crippen LogP) is 2.63. The monoisotopic (exact) mass is 248 g/mol. The third-order valence-corrected chi connectivity index (χ3v) is 2.95. The Kier molecular flexibility index (Phi) is 5.56. The third kappa shape index (κ3) is 4.32. The standard InChI is InChI=1S/C15H20O3/c1-11(2)14(16)10-13(15(17)18-3)9-12-7-5-4-6-8-12/h4-8,11,13H,9-10H2,1-3H3/t13-/m1/s1. The Labute approximate surface area is 108 Å². The van der Waals surface area contributed by atoms with Crippen LogP contribution in [0.2, 0.25) is 0 Å². The first-order chi connectivity index (χ1) is 8.54. The number of ketones is 1. The largest absolute Gasteiger partial charge is 0.469 e. The summed E-state index contributed by atoms with van der Waals surface area (Å²) < 4.78 is 4.77. The first kappa shape index (κ1) is 14.4. The second-order valence-electron chi connectivity index (χ2n) is 4.73. The van der Waals surface area contributed by atoms with Crippen LogP contribution in [0.1, 0.15) is 25.8 Å². The molecule has 0 radical (unpaired) electrons. The number of hydrogen-bond acceptors (Lipinski definition) is 3. The minimum atomic E-state index is -0.382. The molecule has 0 saturated carbocycles. The van der Waals surface area contributed by atoms with E-state index in [9.17, 15) is 9.59 Å². The molecule has 0 spiro atoms. The van der Waals surface area contributed by atoms with Gasteiger partial charge < -0.3 is 4.74 Å². The molecule has 0 fully saturated rings. The van der Waals surface area contributed by atoms with Crippen molar-refractivity contribution < 1.29 is 14.3 Å². The van der Waals surface area contributed by atoms with Gasteiger partial charge in [-0.15, -0.1) is 0 Å². The molecule has 0 aromatic heterocycles. The lowest BCUT2D eigenvalue weighted by Gasteiger charge is -2.15. The molecule has 1 atom stereocenters. The van der Waals surface area contributed by atoms with Crippen LogP contribution in [0, 0.1) is 11.8 Å². The highest BCUT2D eigenvalue weighted by molar-refractivity contribution is 5.85. The number of Topliss-reactive ketones (excluding diaryl/α,β-unsaturated/α-hetero) is 1. The molecule has 0 aliphatic heterocycles. The van der Waals surface area contributed by atoms with Gasteiger partial charge in [-0.25, -0.2) is 0 Å². The van der Waals surface area contributed by atoms with Crippen molar-refractivity contribution in [2.24, 2.45) is 11.8 Å². The molecule has 0 N–H and O–H groups in total. The minimum absolute atomic E-state index is 0.0482. The van der Waals surface area contributed by atoms with E-state index in [1.54, 1.807) is 0 Å². The summed E-state index contributed by atoms with van der Waals surface area (Å²) in [5.41, 5.74) is 1.05. The van der Waals surface area contributed by atoms with Crippen LogP contribution >= 0.6 is 0 Å². The van der Waals surface area contributed by atoms with E-state index in [2.05, 4.69) is 0 Å². The van der Waals surface area contributed by atoms with Crippen molar-refractivity contribution in [1.29, 1.82) is 0 Å². The highest BCUT2D eigenvalue weighted by atomic mass is 16.5. The molecule has 0 aliphatic carbocycles. The van der Waals surface area contributed by atoms with E-state index in [0.717, 1.165) is 5.56 Å². The zero-order chi connectivity index (χ0) is 13.5. The second-order valence-corrected chi connectivity index (χ2v) is 4.73. The SMILES string of the molecule is COC(=O)[C@@H](CC(=O)C(C)C)Cc1ccccc1. The Hall–Kier alpha value is -1.64. The average Bonchev–Trinajstić information content (AvgIpc) is 2.38. The maximum atomic E-state index is 11.8. The number of methoxy groups -OCH3 is 1. The smallest absolute Gasteiger partial charge is 0.309 e. The lowest BCUT2D eigenvalue weighted by Crippen LogP contribution is -2.24. The summed E-state index contributed by atoms with van der Waals surface area (Å²) >= 11 is 0. The summed E-state index contributed by atoms with van der Waals surface area (Å²) in [4.78, 5) is 23.5. The number of carbonyl (C=O) groups is 2. The maximum absolute atomic E-state index is 11.8. The molecule has 18 heavy (non-hydrogen) atoms. The minimum Gasteiger partial charge on any atom is -0.469 e. The Bertz CT molecular complexity index is 395. The van der Waals surface area contributed by atoms with Crippen LogP contribution in [-0.2, 0) is 20.7 Å². The van der Waals surface area contributed by atoms with Gasteiger partial charge in [0.15, 0.2) is 0 Å². The number of carbonyl (C=O) groups excluding carboxylic acids is 2. The van der Waals surface area contributed by atoms with E-state index in [1.807, 2.05) is 44.2 Å². The Morgan fingerprint density at radius 2 is 1.78 bits per heavy atom. The van der Waals surface area contributed by atoms with Gasteiger partial charge in [0.05, 0.1) is 13.0 Å². The molecule has 3 heteroatoms. The fourth-order valence-electron chi connectivity index (χ4n) is 1.78. The molecular weight excluding hydrogens is 228 g/mol. The van der Waals surface area contributed by atoms with Crippen molar-refractivity contribution in [1.82, 2.24) is 0 Å². The number of rotatable bonds is 6. The molecule has 0 bridgehead atoms. The summed E-state index contributed by atoms with van der Waals surface area (Å²) in [5, 5.41) is 0. The molecule has 1 aromatic rings. The summed E-state index contributed by atoms with van der Waals surface area (Å²) in [7, 11) is 1.36. The van der Waals surface area contributed by atoms with Crippen molar-refractivity contribution in [3.63, 3.8) is 0 Å². The molecule has 0 unspecified atom stereocenters. The first-order valence-electron chi connectivity index (χ1n) is 6.19. The number of ether oxygens (including phenoxy) is 1. The van der Waals surface area contributed by atoms with E-state index in [1.165, 1.54) is 7.11 Å². The van der Waals surface area contributed by atoms with Crippen LogP contribution in [0.4, 0.5) is 0 Å². The summed E-state index contributed by atoms with van der Waals surface area (Å²) in [6, 6.07) is 9.68. The molecule has 98 valence electrons. The van der Waals surface area contributed by atoms with Crippen LogP contribution in [0.5, 0.6) is 0 Å². The first-order valence-corrected chi connectivity index (χ1v) is 6.19. The van der Waals surface area contributed by atoms with Gasteiger partial charge in [0.2, 0.25) is 0 Å². The van der Waals surface area contributed by atoms with Crippen LogP contribution in [0.15, 0.2) is 30.3 Å². The lowest BCUT2D eigenvalue weighted by molar-refractivity contribution is -0.147. The summed E-state index contributed by atoms with van der Waals surface area (Å²) in [6.45, 7) is 3.69. The normalized spacial score (nSPS) is 12.2. The average molecular weight is 248 g/mol. The fraction of sp³-hybridized carbons (Fsp3) is 0.467. The van der Waals surface area contributed by atoms with Gasteiger partial charge in [-0.1, -0.05) is 44.2 Å². The topological polar surface area (TPSA) is 43.4 Å². The zero-order valence-electron chi connectivity index (χ0n) is 11.2. The molecule has 3 nitrogen and oxygen atoms in total. The van der Waals surface area contributed by atoms with E-state index in [0.29, 0.717) is 6.42 Å². The van der Waals surface area contributed by atoms with Gasteiger partial charge in [0.25, 0.3) is 0 Å². The van der Waals surface area contributed by atoms with Crippen molar-refractivity contribution in [2.45, 2.75) is 26.7 Å². The number of hydrogen-bond donors (Lipinski definition) is 0. The van der Waals surface area contributed by atoms with Crippen molar-refractivity contribution in [3.05, 3.63) is 35.9 Å². The van der Waals surface area contributed by atoms with Gasteiger partial charge in [-0.2, -0.15) is 0 Å². The van der Waals surface area contributed by atoms with Gasteiger partial charge in [-0.3, -0.25) is 9.59 Å². The molecule has 1 rings (SSSR count). The van der Waals surface area contributed by atoms with E-state index in [4.69, 9.17) is 4.74 Å². The van der Waals surface area contributed by atoms with E-state index in [-0.39, 0.29) is 30.0 Å². The number of benzene rings is 1. The van der Waals surface area contributed by atoms with Crippen LogP contribution < -0.4 is 0 Å². The Morgan fingerprint density at radius 3 is 2.28 bits per heavy atom. The maximum Gasteiger partial charge on any atom is 0.309 e. The fourth-order valence-corrected chi connectivity index (χ4v) is 1.78. The lowest BCUT2D eigenvalue weighted by atomic mass is 9.91. The quantitative estimate of drug-likeness (QED) is 0.727. The molecule has 0 heterocycles.